The van der Waals surface area contributed by atoms with Crippen LogP contribution in [0.15, 0.2) is 40.2 Å². The number of carbonyl (C=O) groups excluding carboxylic acids is 1. The quantitative estimate of drug-likeness (QED) is 0.558. The van der Waals surface area contributed by atoms with Crippen molar-refractivity contribution >= 4 is 46.5 Å². The third kappa shape index (κ3) is 5.26. The van der Waals surface area contributed by atoms with Gasteiger partial charge in [-0.1, -0.05) is 12.1 Å². The van der Waals surface area contributed by atoms with Gasteiger partial charge < -0.3 is 14.4 Å². The largest absolute Gasteiger partial charge is 0.335 e. The van der Waals surface area contributed by atoms with E-state index in [2.05, 4.69) is 21.2 Å². The van der Waals surface area contributed by atoms with Gasteiger partial charge in [-0.2, -0.15) is 0 Å². The summed E-state index contributed by atoms with van der Waals surface area (Å²) in [5.74, 6) is -0.168. The van der Waals surface area contributed by atoms with Crippen molar-refractivity contribution < 1.29 is 18.4 Å². The van der Waals surface area contributed by atoms with Crippen molar-refractivity contribution in [2.45, 2.75) is 20.0 Å². The lowest BCUT2D eigenvalue weighted by Crippen LogP contribution is -2.10. The molecule has 0 aliphatic carbocycles. The van der Waals surface area contributed by atoms with Crippen LogP contribution in [-0.2, 0) is 19.8 Å². The zero-order chi connectivity index (χ0) is 17.6. The van der Waals surface area contributed by atoms with Crippen LogP contribution >= 0.6 is 34.9 Å². The Bertz CT molecular complexity index is 722. The maximum atomic E-state index is 12.5. The molecule has 0 atom stereocenters. The minimum atomic E-state index is -3.12. The van der Waals surface area contributed by atoms with Gasteiger partial charge in [-0.25, -0.2) is 0 Å². The van der Waals surface area contributed by atoms with Gasteiger partial charge in [-0.3, -0.25) is 9.36 Å². The van der Waals surface area contributed by atoms with Crippen LogP contribution in [0.1, 0.15) is 29.1 Å². The first kappa shape index (κ1) is 19.3. The molecule has 1 amide bonds. The molecule has 1 aromatic carbocycles. The second-order valence-corrected chi connectivity index (χ2v) is 8.68. The van der Waals surface area contributed by atoms with E-state index in [4.69, 9.17) is 9.05 Å². The lowest BCUT2D eigenvalue weighted by Gasteiger charge is -2.17. The smallest absolute Gasteiger partial charge is 0.321 e. The van der Waals surface area contributed by atoms with E-state index < -0.39 is 7.60 Å². The highest BCUT2D eigenvalue weighted by Gasteiger charge is 2.24. The predicted octanol–water partition coefficient (Wildman–Crippen LogP) is 5.53. The molecule has 0 aliphatic heterocycles. The minimum Gasteiger partial charge on any atom is -0.321 e. The highest BCUT2D eigenvalue weighted by molar-refractivity contribution is 9.10. The molecular weight excluding hydrogens is 413 g/mol. The molecule has 24 heavy (non-hydrogen) atoms. The van der Waals surface area contributed by atoms with Gasteiger partial charge >= 0.3 is 7.60 Å². The molecule has 0 saturated carbocycles. The van der Waals surface area contributed by atoms with Crippen LogP contribution in [0.25, 0.3) is 0 Å². The molecule has 1 N–H and O–H groups in total. The van der Waals surface area contributed by atoms with Crippen LogP contribution in [0, 0.1) is 0 Å². The van der Waals surface area contributed by atoms with Gasteiger partial charge in [-0.15, -0.1) is 11.3 Å². The van der Waals surface area contributed by atoms with E-state index in [0.29, 0.717) is 23.8 Å². The third-order valence-corrected chi connectivity index (χ3v) is 6.96. The van der Waals surface area contributed by atoms with Crippen molar-refractivity contribution in [3.05, 3.63) is 50.6 Å². The van der Waals surface area contributed by atoms with E-state index in [1.165, 1.54) is 11.3 Å². The normalized spacial score (nSPS) is 11.5. The predicted molar refractivity (Wildman–Crippen MR) is 101 cm³/mol. The van der Waals surface area contributed by atoms with E-state index in [0.717, 1.165) is 10.0 Å². The number of benzene rings is 1. The van der Waals surface area contributed by atoms with Crippen molar-refractivity contribution in [3.8, 4) is 0 Å². The summed E-state index contributed by atoms with van der Waals surface area (Å²) in [4.78, 5) is 12.8. The first-order valence-corrected chi connectivity index (χ1v) is 10.9. The van der Waals surface area contributed by atoms with Crippen LogP contribution in [0.2, 0.25) is 0 Å². The van der Waals surface area contributed by atoms with E-state index in [9.17, 15) is 9.36 Å². The Morgan fingerprint density at radius 1 is 1.17 bits per heavy atom. The molecule has 8 heteroatoms. The van der Waals surface area contributed by atoms with Crippen molar-refractivity contribution in [2.24, 2.45) is 0 Å². The van der Waals surface area contributed by atoms with E-state index in [1.54, 1.807) is 26.0 Å². The summed E-state index contributed by atoms with van der Waals surface area (Å²) >= 11 is 4.72. The van der Waals surface area contributed by atoms with Crippen molar-refractivity contribution in [1.82, 2.24) is 0 Å². The fourth-order valence-electron chi connectivity index (χ4n) is 2.08. The Balaban J connectivity index is 2.03. The Labute approximate surface area is 154 Å². The highest BCUT2D eigenvalue weighted by Crippen LogP contribution is 2.51. The molecule has 1 aromatic heterocycles. The number of carbonyl (C=O) groups is 1. The number of anilines is 1. The molecule has 5 nitrogen and oxygen atoms in total. The fraction of sp³-hybridized carbons (Fsp3) is 0.312. The maximum Gasteiger partial charge on any atom is 0.335 e. The monoisotopic (exact) mass is 431 g/mol. The van der Waals surface area contributed by atoms with E-state index >= 15 is 0 Å². The Morgan fingerprint density at radius 2 is 1.79 bits per heavy atom. The summed E-state index contributed by atoms with van der Waals surface area (Å²) in [6.07, 6.45) is 0.208. The SMILES string of the molecule is CCOP(=O)(Cc1ccc(NC(=O)c2sccc2Br)cc1)OCC. The minimum absolute atomic E-state index is 0.168. The molecule has 0 fully saturated rings. The van der Waals surface area contributed by atoms with Crippen LogP contribution in [0.5, 0.6) is 0 Å². The van der Waals surface area contributed by atoms with Crippen LogP contribution < -0.4 is 5.32 Å². The molecule has 2 rings (SSSR count). The molecule has 0 bridgehead atoms. The molecule has 0 saturated heterocycles. The number of hydrogen-bond acceptors (Lipinski definition) is 5. The molecule has 0 spiro atoms. The summed E-state index contributed by atoms with van der Waals surface area (Å²) in [7, 11) is -3.12. The van der Waals surface area contributed by atoms with Crippen LogP contribution in [0.3, 0.4) is 0 Å². The van der Waals surface area contributed by atoms with Gasteiger partial charge in [0.05, 0.1) is 19.4 Å². The standard InChI is InChI=1S/C16H19BrNO4PS/c1-3-21-23(20,22-4-2)11-12-5-7-13(8-6-12)18-16(19)15-14(17)9-10-24-15/h5-10H,3-4,11H2,1-2H3,(H,18,19). The summed E-state index contributed by atoms with van der Waals surface area (Å²) in [5, 5.41) is 4.68. The second kappa shape index (κ2) is 8.92. The summed E-state index contributed by atoms with van der Waals surface area (Å²) in [6.45, 7) is 4.24. The fourth-order valence-corrected chi connectivity index (χ4v) is 5.23. The van der Waals surface area contributed by atoms with E-state index in [1.807, 2.05) is 23.6 Å². The topological polar surface area (TPSA) is 64.6 Å². The molecule has 0 unspecified atom stereocenters. The molecule has 1 heterocycles. The van der Waals surface area contributed by atoms with Crippen LogP contribution in [0.4, 0.5) is 5.69 Å². The molecular formula is C16H19BrNO4PS. The van der Waals surface area contributed by atoms with E-state index in [-0.39, 0.29) is 12.1 Å². The average Bonchev–Trinajstić information content (AvgIpc) is 2.96. The number of rotatable bonds is 8. The molecule has 0 aliphatic rings. The Morgan fingerprint density at radius 3 is 2.29 bits per heavy atom. The zero-order valence-electron chi connectivity index (χ0n) is 13.5. The first-order valence-electron chi connectivity index (χ1n) is 7.49. The number of hydrogen-bond donors (Lipinski definition) is 1. The van der Waals surface area contributed by atoms with Crippen molar-refractivity contribution in [2.75, 3.05) is 18.5 Å². The maximum absolute atomic E-state index is 12.5. The lowest BCUT2D eigenvalue weighted by molar-refractivity contribution is 0.103. The third-order valence-electron chi connectivity index (χ3n) is 3.06. The van der Waals surface area contributed by atoms with Crippen LogP contribution in [-0.4, -0.2) is 19.1 Å². The number of nitrogens with one attached hydrogen (secondary N) is 1. The van der Waals surface area contributed by atoms with Gasteiger partial charge in [0.2, 0.25) is 0 Å². The average molecular weight is 432 g/mol. The summed E-state index contributed by atoms with van der Waals surface area (Å²) < 4.78 is 23.9. The van der Waals surface area contributed by atoms with Crippen molar-refractivity contribution in [3.63, 3.8) is 0 Å². The zero-order valence-corrected chi connectivity index (χ0v) is 16.7. The summed E-state index contributed by atoms with van der Waals surface area (Å²) in [5.41, 5.74) is 1.50. The first-order chi connectivity index (χ1) is 11.5. The van der Waals surface area contributed by atoms with Gasteiger partial charge in [0.1, 0.15) is 4.88 Å². The number of amides is 1. The number of halogens is 1. The summed E-state index contributed by atoms with van der Waals surface area (Å²) in [6, 6.07) is 9.00. The van der Waals surface area contributed by atoms with Gasteiger partial charge in [0, 0.05) is 10.2 Å². The van der Waals surface area contributed by atoms with Gasteiger partial charge in [0.15, 0.2) is 0 Å². The Hall–Kier alpha value is -0.980. The Kier molecular flexibility index (Phi) is 7.19. The molecule has 130 valence electrons. The lowest BCUT2D eigenvalue weighted by atomic mass is 10.2. The van der Waals surface area contributed by atoms with Gasteiger partial charge in [-0.05, 0) is 58.9 Å². The van der Waals surface area contributed by atoms with Crippen molar-refractivity contribution in [1.29, 1.82) is 0 Å². The second-order valence-electron chi connectivity index (χ2n) is 4.85. The molecule has 2 aromatic rings. The molecule has 0 radical (unpaired) electrons. The number of thiophene rings is 1. The van der Waals surface area contributed by atoms with Gasteiger partial charge in [0.25, 0.3) is 5.91 Å². The highest BCUT2D eigenvalue weighted by atomic mass is 79.9.